The summed E-state index contributed by atoms with van der Waals surface area (Å²) in [5, 5.41) is 26.0. The van der Waals surface area contributed by atoms with Gasteiger partial charge >= 0.3 is 6.03 Å². The number of anilines is 6. The normalized spacial score (nSPS) is 15.4. The Balaban J connectivity index is 1.27. The highest BCUT2D eigenvalue weighted by Crippen LogP contribution is 2.55. The Hall–Kier alpha value is -5.97. The smallest absolute Gasteiger partial charge is 0.323 e. The molecule has 0 spiro atoms. The van der Waals surface area contributed by atoms with E-state index < -0.39 is 88.8 Å². The van der Waals surface area contributed by atoms with E-state index in [2.05, 4.69) is 10.6 Å². The van der Waals surface area contributed by atoms with E-state index in [1.807, 2.05) is 0 Å². The minimum Gasteiger partial charge on any atom is -0.507 e. The number of aryl methyl sites for hydroxylation is 2. The molecule has 0 atom stereocenters. The van der Waals surface area contributed by atoms with Crippen LogP contribution in [0, 0.1) is 13.8 Å². The van der Waals surface area contributed by atoms with Crippen LogP contribution in [0.25, 0.3) is 21.5 Å². The first-order valence-corrected chi connectivity index (χ1v) is 21.8. The molecule has 0 radical (unpaired) electrons. The Bertz CT molecular complexity index is 3050. The maximum absolute atomic E-state index is 14.3. The highest BCUT2D eigenvalue weighted by atomic mass is 32.2. The zero-order valence-corrected chi connectivity index (χ0v) is 31.8. The second-order valence-electron chi connectivity index (χ2n) is 12.9. The molecular weight excluding hydrogens is 813 g/mol. The predicted octanol–water partition coefficient (Wildman–Crippen LogP) is 5.84. The van der Waals surface area contributed by atoms with Crippen molar-refractivity contribution in [3.63, 3.8) is 0 Å². The second kappa shape index (κ2) is 12.0. The van der Waals surface area contributed by atoms with E-state index in [1.54, 1.807) is 0 Å². The summed E-state index contributed by atoms with van der Waals surface area (Å²) in [5.41, 5.74) is -2.15. The van der Waals surface area contributed by atoms with Crippen molar-refractivity contribution in [3.05, 3.63) is 96.1 Å². The van der Waals surface area contributed by atoms with Crippen molar-refractivity contribution in [2.24, 2.45) is 0 Å². The van der Waals surface area contributed by atoms with Gasteiger partial charge in [0.05, 0.1) is 34.1 Å². The van der Waals surface area contributed by atoms with Gasteiger partial charge in [-0.15, -0.1) is 0 Å². The zero-order valence-electron chi connectivity index (χ0n) is 28.6. The number of amides is 2. The monoisotopic (exact) mass is 838 g/mol. The predicted molar refractivity (Wildman–Crippen MR) is 205 cm³/mol. The number of fused-ring (bicyclic) bond motifs is 6. The van der Waals surface area contributed by atoms with Crippen molar-refractivity contribution >= 4 is 102 Å². The number of carbonyl (C=O) groups is 1. The molecule has 2 aliphatic heterocycles. The van der Waals surface area contributed by atoms with Gasteiger partial charge in [-0.3, -0.25) is 9.11 Å². The molecule has 6 aromatic carbocycles. The number of nitrogens with zero attached hydrogens (tertiary/aromatic N) is 2. The molecule has 0 aliphatic carbocycles. The topological polar surface area (TPSA) is 265 Å². The van der Waals surface area contributed by atoms with Crippen LogP contribution in [0.15, 0.2) is 105 Å². The largest absolute Gasteiger partial charge is 0.507 e. The molecule has 0 saturated heterocycles. The van der Waals surface area contributed by atoms with E-state index in [4.69, 9.17) is 0 Å². The molecule has 56 heavy (non-hydrogen) atoms. The molecule has 8 rings (SSSR count). The van der Waals surface area contributed by atoms with Crippen molar-refractivity contribution < 1.29 is 57.8 Å². The number of benzene rings is 6. The van der Waals surface area contributed by atoms with Crippen molar-refractivity contribution in [1.29, 1.82) is 0 Å². The fourth-order valence-corrected chi connectivity index (χ4v) is 12.6. The number of phenols is 2. The van der Waals surface area contributed by atoms with Crippen LogP contribution in [0.4, 0.5) is 38.9 Å². The Morgan fingerprint density at radius 1 is 0.571 bits per heavy atom. The van der Waals surface area contributed by atoms with Gasteiger partial charge in [-0.25, -0.2) is 30.2 Å². The summed E-state index contributed by atoms with van der Waals surface area (Å²) in [6.07, 6.45) is 0. The van der Waals surface area contributed by atoms with E-state index in [0.717, 1.165) is 0 Å². The summed E-state index contributed by atoms with van der Waals surface area (Å²) in [4.78, 5) is 11.1. The standard InChI is InChI=1S/C35H26N4O13S4/c1-17-11-13-23-29(33(17)53(43,44)38(23)31-21-9-5-3-7-19(21)25(40)15-27(31)55(47,48)49)36-35(42)37-30-24-14-12-18(2)34(30)54(45,46)39(24)32-22-10-6-4-8-20(22)26(41)16-28(32)56(50,51)52/h3-16,40-41H,1-2H3,(H2,36,37,42)(H,47,48,49)(H,50,51,52). The third-order valence-electron chi connectivity index (χ3n) is 9.46. The molecule has 17 nitrogen and oxygen atoms in total. The molecule has 6 N–H and O–H groups in total. The van der Waals surface area contributed by atoms with Gasteiger partial charge in [-0.2, -0.15) is 16.8 Å². The minimum atomic E-state index is -5.19. The maximum atomic E-state index is 14.3. The molecule has 0 unspecified atom stereocenters. The fraction of sp³-hybridized carbons (Fsp3) is 0.0571. The number of urea groups is 1. The number of carbonyl (C=O) groups excluding carboxylic acids is 1. The molecule has 21 heteroatoms. The lowest BCUT2D eigenvalue weighted by Crippen LogP contribution is -2.23. The molecular formula is C35H26N4O13S4. The molecule has 2 aliphatic rings. The van der Waals surface area contributed by atoms with Gasteiger partial charge in [0.15, 0.2) is 0 Å². The van der Waals surface area contributed by atoms with Crippen molar-refractivity contribution in [2.45, 2.75) is 33.4 Å². The van der Waals surface area contributed by atoms with E-state index in [0.29, 0.717) is 20.7 Å². The summed E-state index contributed by atoms with van der Waals surface area (Å²) < 4.78 is 130. The Labute approximate surface area is 318 Å². The average molecular weight is 839 g/mol. The molecule has 288 valence electrons. The fourth-order valence-electron chi connectivity index (χ4n) is 7.22. The zero-order chi connectivity index (χ0) is 40.4. The Morgan fingerprint density at radius 3 is 1.25 bits per heavy atom. The first-order valence-electron chi connectivity index (χ1n) is 16.1. The SMILES string of the molecule is Cc1ccc2c(NC(=O)Nc3c4ccc(C)c3S(=O)(=O)N4c3c(S(=O)(=O)O)cc(O)c4ccccc34)c1S(=O)(=O)N2c1c(S(=O)(=O)O)cc(O)c2ccccc12. The highest BCUT2D eigenvalue weighted by Gasteiger charge is 2.46. The van der Waals surface area contributed by atoms with E-state index in [-0.39, 0.29) is 55.4 Å². The number of sulfonamides is 2. The first-order chi connectivity index (χ1) is 26.2. The number of hydrogen-bond donors (Lipinski definition) is 6. The number of aromatic hydroxyl groups is 2. The van der Waals surface area contributed by atoms with Gasteiger partial charge in [0.1, 0.15) is 31.1 Å². The molecule has 2 heterocycles. The summed E-state index contributed by atoms with van der Waals surface area (Å²) >= 11 is 0. The molecule has 6 aromatic rings. The number of hydrogen-bond acceptors (Lipinski definition) is 11. The van der Waals surface area contributed by atoms with Crippen molar-refractivity contribution in [3.8, 4) is 11.5 Å². The van der Waals surface area contributed by atoms with Crippen LogP contribution < -0.4 is 19.2 Å². The van der Waals surface area contributed by atoms with Crippen LogP contribution in [0.2, 0.25) is 0 Å². The van der Waals surface area contributed by atoms with Crippen LogP contribution in [-0.2, 0) is 40.3 Å². The second-order valence-corrected chi connectivity index (χ2v) is 19.1. The molecule has 0 aromatic heterocycles. The van der Waals surface area contributed by atoms with Gasteiger partial charge in [0.2, 0.25) is 0 Å². The number of rotatable bonds is 6. The van der Waals surface area contributed by atoms with Gasteiger partial charge < -0.3 is 20.8 Å². The van der Waals surface area contributed by atoms with E-state index in [1.165, 1.54) is 86.6 Å². The van der Waals surface area contributed by atoms with Gasteiger partial charge in [0, 0.05) is 33.7 Å². The number of nitrogens with one attached hydrogen (secondary N) is 2. The summed E-state index contributed by atoms with van der Waals surface area (Å²) in [7, 11) is -19.9. The summed E-state index contributed by atoms with van der Waals surface area (Å²) in [5.74, 6) is -1.14. The van der Waals surface area contributed by atoms with Crippen LogP contribution in [0.3, 0.4) is 0 Å². The van der Waals surface area contributed by atoms with Gasteiger partial charge in [-0.1, -0.05) is 60.7 Å². The number of phenolic OH excluding ortho intramolecular Hbond substituents is 2. The third kappa shape index (κ3) is 5.27. The van der Waals surface area contributed by atoms with Crippen LogP contribution >= 0.6 is 0 Å². The summed E-state index contributed by atoms with van der Waals surface area (Å²) in [6, 6.07) is 16.9. The highest BCUT2D eigenvalue weighted by molar-refractivity contribution is 7.94. The maximum Gasteiger partial charge on any atom is 0.323 e. The van der Waals surface area contributed by atoms with Crippen molar-refractivity contribution in [1.82, 2.24) is 0 Å². The Morgan fingerprint density at radius 2 is 0.911 bits per heavy atom. The molecule has 2 amide bonds. The molecule has 0 saturated carbocycles. The Kier molecular flexibility index (Phi) is 7.93. The molecule has 4 bridgehead atoms. The van der Waals surface area contributed by atoms with E-state index in [9.17, 15) is 57.8 Å². The minimum absolute atomic E-state index is 0.0382. The quantitative estimate of drug-likeness (QED) is 0.108. The van der Waals surface area contributed by atoms with Crippen molar-refractivity contribution in [2.75, 3.05) is 19.2 Å². The van der Waals surface area contributed by atoms with Crippen LogP contribution in [0.1, 0.15) is 11.1 Å². The lowest BCUT2D eigenvalue weighted by atomic mass is 10.1. The van der Waals surface area contributed by atoms with Crippen LogP contribution in [0.5, 0.6) is 11.5 Å². The van der Waals surface area contributed by atoms with E-state index >= 15 is 0 Å². The first kappa shape index (κ1) is 37.0. The lowest BCUT2D eigenvalue weighted by molar-refractivity contribution is 0.262. The molecule has 0 fully saturated rings. The lowest BCUT2D eigenvalue weighted by Gasteiger charge is -2.23. The van der Waals surface area contributed by atoms with Gasteiger partial charge in [-0.05, 0) is 37.1 Å². The van der Waals surface area contributed by atoms with Crippen LogP contribution in [-0.4, -0.2) is 59.0 Å². The van der Waals surface area contributed by atoms with Gasteiger partial charge in [0.25, 0.3) is 40.3 Å². The third-order valence-corrected chi connectivity index (χ3v) is 15.0. The summed E-state index contributed by atoms with van der Waals surface area (Å²) in [6.45, 7) is 2.82. The average Bonchev–Trinajstić information content (AvgIpc) is 3.35.